The first kappa shape index (κ1) is 27.6. The molecular weight excluding hydrogens is 336 g/mol. The molecule has 0 aromatic rings. The smallest absolute Gasteiger partial charge is 0.0198 e. The Kier molecular flexibility index (Phi) is 26.1. The Balaban J connectivity index is 2.98. The van der Waals surface area contributed by atoms with Crippen LogP contribution in [0, 0.1) is 25.7 Å². The fraction of sp³-hybridized carbons (Fsp3) is 0.857. The molecule has 0 atom stereocenters. The second-order valence-electron chi connectivity index (χ2n) is 8.74. The predicted octanol–water partition coefficient (Wildman–Crippen LogP) is 10.0. The van der Waals surface area contributed by atoms with Gasteiger partial charge in [0, 0.05) is 13.3 Å². The minimum Gasteiger partial charge on any atom is -0.103 e. The Bertz CT molecular complexity index is 319. The summed E-state index contributed by atoms with van der Waals surface area (Å²) in [5.41, 5.74) is 0. The van der Waals surface area contributed by atoms with E-state index in [-0.39, 0.29) is 0 Å². The Morgan fingerprint density at radius 2 is 0.607 bits per heavy atom. The van der Waals surface area contributed by atoms with Crippen molar-refractivity contribution in [1.29, 1.82) is 0 Å². The van der Waals surface area contributed by atoms with Crippen LogP contribution in [0.4, 0.5) is 0 Å². The Morgan fingerprint density at radius 3 is 0.857 bits per heavy atom. The van der Waals surface area contributed by atoms with E-state index in [1.54, 1.807) is 0 Å². The first-order valence-corrected chi connectivity index (χ1v) is 13.0. The summed E-state index contributed by atoms with van der Waals surface area (Å²) in [5.74, 6) is 5.78. The normalized spacial score (nSPS) is 10.8. The summed E-state index contributed by atoms with van der Waals surface area (Å²) in [6.07, 6.45) is 33.8. The highest BCUT2D eigenvalue weighted by Gasteiger charge is 1.95. The van der Waals surface area contributed by atoms with Gasteiger partial charge in [0.05, 0.1) is 0 Å². The summed E-state index contributed by atoms with van der Waals surface area (Å²) in [7, 11) is 0. The molecule has 0 aliphatic rings. The minimum atomic E-state index is 1.04. The van der Waals surface area contributed by atoms with E-state index in [4.69, 9.17) is 0 Å². The summed E-state index contributed by atoms with van der Waals surface area (Å²) >= 11 is 0. The molecule has 0 saturated heterocycles. The van der Waals surface area contributed by atoms with Crippen molar-refractivity contribution in [2.24, 2.45) is 0 Å². The first-order chi connectivity index (χ1) is 13.9. The molecule has 0 saturated carbocycles. The van der Waals surface area contributed by atoms with E-state index in [9.17, 15) is 0 Å². The van der Waals surface area contributed by atoms with Crippen LogP contribution < -0.4 is 0 Å². The van der Waals surface area contributed by atoms with Gasteiger partial charge >= 0.3 is 0 Å². The third-order valence-electron chi connectivity index (χ3n) is 5.93. The molecule has 2 radical (unpaired) electrons. The van der Waals surface area contributed by atoms with Crippen molar-refractivity contribution >= 4 is 0 Å². The monoisotopic (exact) mass is 388 g/mol. The molecule has 0 rings (SSSR count). The number of unbranched alkanes of at least 4 members (excludes halogenated alkanes) is 23. The van der Waals surface area contributed by atoms with Gasteiger partial charge in [-0.25, -0.2) is 0 Å². The average molecular weight is 389 g/mol. The lowest BCUT2D eigenvalue weighted by Gasteiger charge is -2.04. The van der Waals surface area contributed by atoms with Gasteiger partial charge in [0.15, 0.2) is 0 Å². The van der Waals surface area contributed by atoms with E-state index < -0.39 is 0 Å². The largest absolute Gasteiger partial charge is 0.103 e. The zero-order chi connectivity index (χ0) is 20.4. The number of rotatable bonds is 23. The molecule has 0 spiro atoms. The standard InChI is InChI=1S/C28H52/c1-3-5-7-9-11-13-15-17-19-21-23-25-27-28-26-24-22-20-18-16-14-12-10-8-6-4-2/h1-3,5,7-28H2. The summed E-state index contributed by atoms with van der Waals surface area (Å²) in [5, 5.41) is 0. The zero-order valence-corrected chi connectivity index (χ0v) is 19.4. The zero-order valence-electron chi connectivity index (χ0n) is 19.4. The van der Waals surface area contributed by atoms with Crippen LogP contribution >= 0.6 is 0 Å². The molecule has 0 fully saturated rings. The predicted molar refractivity (Wildman–Crippen MR) is 129 cm³/mol. The molecule has 0 unspecified atom stereocenters. The maximum absolute atomic E-state index is 3.91. The fourth-order valence-electron chi connectivity index (χ4n) is 4.01. The van der Waals surface area contributed by atoms with Crippen LogP contribution in [-0.4, -0.2) is 0 Å². The lowest BCUT2D eigenvalue weighted by molar-refractivity contribution is 0.519. The van der Waals surface area contributed by atoms with E-state index in [1.807, 2.05) is 0 Å². The lowest BCUT2D eigenvalue weighted by Crippen LogP contribution is -1.84. The van der Waals surface area contributed by atoms with Crippen molar-refractivity contribution in [2.75, 3.05) is 0 Å². The van der Waals surface area contributed by atoms with E-state index in [0.29, 0.717) is 0 Å². The molecule has 0 aromatic heterocycles. The van der Waals surface area contributed by atoms with Crippen molar-refractivity contribution in [2.45, 2.75) is 154 Å². The van der Waals surface area contributed by atoms with Gasteiger partial charge in [0.2, 0.25) is 0 Å². The summed E-state index contributed by atoms with van der Waals surface area (Å²) in [4.78, 5) is 0. The molecule has 0 aliphatic carbocycles. The molecule has 0 N–H and O–H groups in total. The summed E-state index contributed by atoms with van der Waals surface area (Å²) < 4.78 is 0. The highest BCUT2D eigenvalue weighted by molar-refractivity contribution is 5.00. The minimum absolute atomic E-state index is 1.04. The van der Waals surface area contributed by atoms with Gasteiger partial charge in [-0.2, -0.15) is 0 Å². The Hall–Kier alpha value is -0.440. The second-order valence-corrected chi connectivity index (χ2v) is 8.74. The van der Waals surface area contributed by atoms with Crippen molar-refractivity contribution in [3.63, 3.8) is 0 Å². The van der Waals surface area contributed by atoms with Crippen LogP contribution in [-0.2, 0) is 0 Å². The van der Waals surface area contributed by atoms with Crippen LogP contribution in [0.25, 0.3) is 0 Å². The molecule has 0 heterocycles. The van der Waals surface area contributed by atoms with Gasteiger partial charge in [0.25, 0.3) is 0 Å². The first-order valence-electron chi connectivity index (χ1n) is 13.0. The van der Waals surface area contributed by atoms with Crippen molar-refractivity contribution in [1.82, 2.24) is 0 Å². The quantitative estimate of drug-likeness (QED) is 0.121. The third kappa shape index (κ3) is 25.6. The van der Waals surface area contributed by atoms with Gasteiger partial charge in [-0.3, -0.25) is 0 Å². The van der Waals surface area contributed by atoms with Crippen LogP contribution in [0.3, 0.4) is 0 Å². The van der Waals surface area contributed by atoms with Gasteiger partial charge < -0.3 is 0 Å². The van der Waals surface area contributed by atoms with Crippen LogP contribution in [0.5, 0.6) is 0 Å². The van der Waals surface area contributed by atoms with Crippen LogP contribution in [0.15, 0.2) is 0 Å². The summed E-state index contributed by atoms with van der Waals surface area (Å²) in [6, 6.07) is 0. The van der Waals surface area contributed by atoms with Crippen LogP contribution in [0.2, 0.25) is 0 Å². The van der Waals surface area contributed by atoms with E-state index in [2.05, 4.69) is 25.7 Å². The topological polar surface area (TPSA) is 0 Å². The number of hydrogen-bond donors (Lipinski definition) is 0. The van der Waals surface area contributed by atoms with Gasteiger partial charge in [0.1, 0.15) is 0 Å². The molecule has 0 heteroatoms. The van der Waals surface area contributed by atoms with Crippen molar-refractivity contribution in [3.8, 4) is 11.8 Å². The molecular formula is C28H52. The van der Waals surface area contributed by atoms with Crippen molar-refractivity contribution in [3.05, 3.63) is 13.8 Å². The molecule has 0 amide bonds. The molecule has 28 heavy (non-hydrogen) atoms. The van der Waals surface area contributed by atoms with Gasteiger partial charge in [-0.15, -0.1) is 11.8 Å². The maximum Gasteiger partial charge on any atom is 0.0198 e. The molecule has 0 aliphatic heterocycles. The lowest BCUT2D eigenvalue weighted by atomic mass is 10.0. The Labute approximate surface area is 180 Å². The van der Waals surface area contributed by atoms with Gasteiger partial charge in [-0.05, 0) is 6.42 Å². The molecule has 0 nitrogen and oxygen atoms in total. The molecule has 0 aromatic carbocycles. The van der Waals surface area contributed by atoms with Gasteiger partial charge in [-0.1, -0.05) is 148 Å². The molecule has 0 bridgehead atoms. The van der Waals surface area contributed by atoms with Crippen LogP contribution in [0.1, 0.15) is 154 Å². The maximum atomic E-state index is 3.91. The summed E-state index contributed by atoms with van der Waals surface area (Å²) in [6.45, 7) is 7.46. The highest BCUT2D eigenvalue weighted by Crippen LogP contribution is 2.15. The van der Waals surface area contributed by atoms with Crippen molar-refractivity contribution < 1.29 is 0 Å². The fourth-order valence-corrected chi connectivity index (χ4v) is 4.01. The van der Waals surface area contributed by atoms with E-state index in [0.717, 1.165) is 12.8 Å². The van der Waals surface area contributed by atoms with E-state index in [1.165, 1.54) is 141 Å². The second kappa shape index (κ2) is 26.6. The Morgan fingerprint density at radius 1 is 0.357 bits per heavy atom. The SMILES string of the molecule is [CH2]C#CCCCCCCCCCCCCCCCCCCCCCCCC[CH2]. The highest BCUT2D eigenvalue weighted by atomic mass is 14.0. The molecule has 164 valence electrons. The number of hydrogen-bond acceptors (Lipinski definition) is 0. The third-order valence-corrected chi connectivity index (χ3v) is 5.93. The van der Waals surface area contributed by atoms with E-state index >= 15 is 0 Å². The average Bonchev–Trinajstić information content (AvgIpc) is 2.71.